The number of rotatable bonds is 24. The largest absolute Gasteiger partial charge is 1.00 e. The van der Waals surface area contributed by atoms with Crippen LogP contribution in [0, 0.1) is 0 Å². The molecule has 0 spiro atoms. The summed E-state index contributed by atoms with van der Waals surface area (Å²) < 4.78 is 12.5. The van der Waals surface area contributed by atoms with Gasteiger partial charge in [-0.25, -0.2) is 9.97 Å². The maximum atomic E-state index is 13.4. The second-order valence-electron chi connectivity index (χ2n) is 16.7. The summed E-state index contributed by atoms with van der Waals surface area (Å²) in [5.74, 6) is 0.784. The van der Waals surface area contributed by atoms with Crippen LogP contribution < -0.4 is 38.7 Å². The highest BCUT2D eigenvalue weighted by Crippen LogP contribution is 2.25. The minimum Gasteiger partial charge on any atom is -1.00 e. The molecule has 1 saturated heterocycles. The molecule has 2 heterocycles. The normalized spacial score (nSPS) is 14.1. The van der Waals surface area contributed by atoms with Gasteiger partial charge in [0.1, 0.15) is 11.5 Å². The summed E-state index contributed by atoms with van der Waals surface area (Å²) in [6.45, 7) is 6.92. The Morgan fingerprint density at radius 2 is 1.17 bits per heavy atom. The van der Waals surface area contributed by atoms with Crippen molar-refractivity contribution in [3.8, 4) is 11.5 Å². The monoisotopic (exact) mass is 958 g/mol. The Kier molecular flexibility index (Phi) is 26.2. The molecule has 1 aromatic heterocycles. The quantitative estimate of drug-likeness (QED) is 0.112. The van der Waals surface area contributed by atoms with Crippen LogP contribution >= 0.6 is 36.4 Å². The number of ether oxygens (including phenoxy) is 2. The van der Waals surface area contributed by atoms with E-state index in [-0.39, 0.29) is 90.8 Å². The van der Waals surface area contributed by atoms with Gasteiger partial charge in [-0.3, -0.25) is 14.4 Å². The number of carbonyl (C=O) groups is 3. The number of aromatic nitrogens is 2. The molecule has 0 saturated carbocycles. The van der Waals surface area contributed by atoms with E-state index in [0.29, 0.717) is 24.6 Å². The summed E-state index contributed by atoms with van der Waals surface area (Å²) in [5.41, 5.74) is 14.1. The number of quaternary nitrogens is 1. The number of carbonyl (C=O) groups excluding carboxylic acids is 3. The van der Waals surface area contributed by atoms with Gasteiger partial charge in [-0.05, 0) is 115 Å². The predicted molar refractivity (Wildman–Crippen MR) is 253 cm³/mol. The van der Waals surface area contributed by atoms with Crippen LogP contribution in [0.5, 0.6) is 11.5 Å². The molecule has 1 aliphatic heterocycles. The number of benzene rings is 2. The first kappa shape index (κ1) is 57.2. The van der Waals surface area contributed by atoms with Gasteiger partial charge in [0, 0.05) is 40.0 Å². The Hall–Kier alpha value is -3.83. The van der Waals surface area contributed by atoms with E-state index in [9.17, 15) is 14.4 Å². The van der Waals surface area contributed by atoms with Crippen molar-refractivity contribution in [1.29, 1.82) is 0 Å². The lowest BCUT2D eigenvalue weighted by atomic mass is 9.99. The van der Waals surface area contributed by atoms with E-state index < -0.39 is 5.91 Å². The smallest absolute Gasteiger partial charge is 0.274 e. The van der Waals surface area contributed by atoms with E-state index in [2.05, 4.69) is 49.4 Å². The molecule has 0 aliphatic carbocycles. The fourth-order valence-electron chi connectivity index (χ4n) is 7.57. The molecule has 0 bridgehead atoms. The molecule has 2 aromatic carbocycles. The molecule has 1 atom stereocenters. The first-order chi connectivity index (χ1) is 28.6. The molecule has 63 heavy (non-hydrogen) atoms. The highest BCUT2D eigenvalue weighted by molar-refractivity contribution is 6.31. The number of likely N-dealkylation sites (N-methyl/N-ethyl adjacent to an activating group) is 2. The van der Waals surface area contributed by atoms with Crippen LogP contribution in [0.1, 0.15) is 60.1 Å². The van der Waals surface area contributed by atoms with Crippen molar-refractivity contribution in [1.82, 2.24) is 34.9 Å². The number of nitrogen functional groups attached to an aromatic ring is 2. The Labute approximate surface area is 398 Å². The van der Waals surface area contributed by atoms with Crippen LogP contribution in [-0.2, 0) is 22.4 Å². The van der Waals surface area contributed by atoms with Gasteiger partial charge in [0.05, 0.1) is 32.2 Å². The zero-order chi connectivity index (χ0) is 43.7. The summed E-state index contributed by atoms with van der Waals surface area (Å²) in [4.78, 5) is 54.3. The molecule has 0 radical (unpaired) electrons. The van der Waals surface area contributed by atoms with Crippen LogP contribution in [0.2, 0.25) is 5.15 Å². The number of anilines is 2. The molecule has 4 rings (SSSR count). The average molecular weight is 961 g/mol. The average Bonchev–Trinajstić information content (AvgIpc) is 3.21. The molecule has 1 fully saturated rings. The maximum Gasteiger partial charge on any atom is 0.274 e. The second-order valence-corrected chi connectivity index (χ2v) is 17.0. The van der Waals surface area contributed by atoms with Crippen LogP contribution in [0.15, 0.2) is 48.5 Å². The van der Waals surface area contributed by atoms with Crippen LogP contribution in [-0.4, -0.2) is 166 Å². The van der Waals surface area contributed by atoms with Crippen molar-refractivity contribution < 1.29 is 40.7 Å². The standard InChI is InChI=1S/C44H67ClN10O5.3ClH/c1-51(2)23-10-25-53(5)38(56)31-59-36-19-15-33(16-20-36)12-7-27-55(29-9-14-35(30-55)48-44(58)40-42(46)50-43(47)41(45)49-40)28-8-13-34-17-21-37(22-18-34)60-32-39(57)54(6)26-11-24-52(3)4;;;/h15-22,35H,7-14,23-32H2,1-6H3,(H4-,46,47,48,50,58);3*1H. The summed E-state index contributed by atoms with van der Waals surface area (Å²) in [6, 6.07) is 15.9. The highest BCUT2D eigenvalue weighted by atomic mass is 35.5. The molecule has 19 heteroatoms. The molecular weight excluding hydrogens is 890 g/mol. The number of hydrogen-bond donors (Lipinski definition) is 3. The Morgan fingerprint density at radius 3 is 1.62 bits per heavy atom. The van der Waals surface area contributed by atoms with Crippen LogP contribution in [0.3, 0.4) is 0 Å². The van der Waals surface area contributed by atoms with Crippen LogP contribution in [0.25, 0.3) is 0 Å². The SMILES string of the molecule is CN(C)CCCN(C)C(=O)COc1ccc(CCC[N+]2(CCCc3ccc(OCC(=O)N(C)CCCN(C)C)cc3)CCCC(NC(=O)c3nc(Cl)c(N)nc3N)C2)cc1.Cl.Cl.[Cl-]. The minimum absolute atomic E-state index is 0. The topological polar surface area (TPSA) is 172 Å². The Bertz CT molecular complexity index is 1740. The van der Waals surface area contributed by atoms with Crippen LogP contribution in [0.4, 0.5) is 11.6 Å². The van der Waals surface area contributed by atoms with Gasteiger partial charge in [-0.2, -0.15) is 0 Å². The third kappa shape index (κ3) is 19.8. The van der Waals surface area contributed by atoms with Crippen molar-refractivity contribution in [2.75, 3.05) is 119 Å². The second kappa shape index (κ2) is 28.9. The third-order valence-corrected chi connectivity index (χ3v) is 11.3. The van der Waals surface area contributed by atoms with E-state index in [4.69, 9.17) is 32.5 Å². The first-order valence-electron chi connectivity index (χ1n) is 21.1. The number of nitrogens with zero attached hydrogens (tertiary/aromatic N) is 7. The fourth-order valence-corrected chi connectivity index (χ4v) is 7.70. The van der Waals surface area contributed by atoms with Crippen molar-refractivity contribution in [3.05, 3.63) is 70.5 Å². The van der Waals surface area contributed by atoms with E-state index in [1.54, 1.807) is 9.80 Å². The molecule has 354 valence electrons. The number of likely N-dealkylation sites (tertiary alicyclic amines) is 1. The number of piperidine rings is 1. The van der Waals surface area contributed by atoms with Crippen molar-refractivity contribution in [2.24, 2.45) is 0 Å². The van der Waals surface area contributed by atoms with Gasteiger partial charge < -0.3 is 62.7 Å². The minimum atomic E-state index is -0.410. The fraction of sp³-hybridized carbons (Fsp3) is 0.568. The molecule has 15 nitrogen and oxygen atoms in total. The Balaban J connectivity index is 0.00000661. The van der Waals surface area contributed by atoms with Gasteiger partial charge in [-0.1, -0.05) is 35.9 Å². The lowest BCUT2D eigenvalue weighted by molar-refractivity contribution is -0.933. The highest BCUT2D eigenvalue weighted by Gasteiger charge is 2.35. The third-order valence-electron chi connectivity index (χ3n) is 11.1. The van der Waals surface area contributed by atoms with Crippen molar-refractivity contribution in [2.45, 2.75) is 57.4 Å². The predicted octanol–water partition coefficient (Wildman–Crippen LogP) is 1.69. The molecule has 3 aromatic rings. The summed E-state index contributed by atoms with van der Waals surface area (Å²) >= 11 is 6.09. The zero-order valence-electron chi connectivity index (χ0n) is 37.8. The molecule has 1 unspecified atom stereocenters. The number of nitrogens with one attached hydrogen (secondary N) is 1. The van der Waals surface area contributed by atoms with E-state index >= 15 is 0 Å². The van der Waals surface area contributed by atoms with Crippen molar-refractivity contribution in [3.63, 3.8) is 0 Å². The number of aryl methyl sites for hydroxylation is 2. The molecular formula is C44H70Cl4N10O5. The number of amides is 3. The van der Waals surface area contributed by atoms with Gasteiger partial charge in [-0.15, -0.1) is 24.8 Å². The first-order valence-corrected chi connectivity index (χ1v) is 21.5. The lowest BCUT2D eigenvalue weighted by Crippen LogP contribution is -3.00. The Morgan fingerprint density at radius 1 is 0.714 bits per heavy atom. The van der Waals surface area contributed by atoms with Crippen molar-refractivity contribution >= 4 is 65.8 Å². The van der Waals surface area contributed by atoms with E-state index in [1.165, 1.54) is 11.1 Å². The van der Waals surface area contributed by atoms with Gasteiger partial charge in [0.25, 0.3) is 17.7 Å². The number of halogens is 4. The summed E-state index contributed by atoms with van der Waals surface area (Å²) in [7, 11) is 11.7. The summed E-state index contributed by atoms with van der Waals surface area (Å²) in [5, 5.41) is 3.11. The van der Waals surface area contributed by atoms with Gasteiger partial charge >= 0.3 is 0 Å². The zero-order valence-corrected chi connectivity index (χ0v) is 41.0. The molecule has 3 amide bonds. The van der Waals surface area contributed by atoms with Gasteiger partial charge in [0.15, 0.2) is 35.7 Å². The van der Waals surface area contributed by atoms with Gasteiger partial charge in [0.2, 0.25) is 0 Å². The molecule has 5 N–H and O–H groups in total. The summed E-state index contributed by atoms with van der Waals surface area (Å²) in [6.07, 6.45) is 7.31. The van der Waals surface area contributed by atoms with E-state index in [1.807, 2.05) is 66.6 Å². The lowest BCUT2D eigenvalue weighted by Gasteiger charge is -2.45. The number of nitrogens with two attached hydrogens (primary N) is 2. The van der Waals surface area contributed by atoms with E-state index in [0.717, 1.165) is 95.1 Å². The maximum absolute atomic E-state index is 13.4. The number of hydrogen-bond acceptors (Lipinski definition) is 11. The molecule has 1 aliphatic rings.